The summed E-state index contributed by atoms with van der Waals surface area (Å²) in [6.07, 6.45) is 6.31. The van der Waals surface area contributed by atoms with Crippen molar-refractivity contribution in [3.63, 3.8) is 0 Å². The third-order valence-corrected chi connectivity index (χ3v) is 3.57. The highest BCUT2D eigenvalue weighted by atomic mass is 16.5. The Kier molecular flexibility index (Phi) is 9.50. The summed E-state index contributed by atoms with van der Waals surface area (Å²) in [5.74, 6) is 2.96. The fourth-order valence-corrected chi connectivity index (χ4v) is 2.51. The van der Waals surface area contributed by atoms with Crippen LogP contribution in [0.1, 0.15) is 38.8 Å². The Morgan fingerprint density at radius 3 is 2.52 bits per heavy atom. The summed E-state index contributed by atoms with van der Waals surface area (Å²) in [7, 11) is 0. The first-order valence-corrected chi connectivity index (χ1v) is 9.04. The van der Waals surface area contributed by atoms with Crippen LogP contribution in [0.3, 0.4) is 0 Å². The molecule has 0 unspecified atom stereocenters. The van der Waals surface area contributed by atoms with Gasteiger partial charge in [0.15, 0.2) is 0 Å². The van der Waals surface area contributed by atoms with E-state index in [9.17, 15) is 0 Å². The van der Waals surface area contributed by atoms with Crippen LogP contribution in [-0.4, -0.2) is 0 Å². The second-order valence-corrected chi connectivity index (χ2v) is 5.67. The van der Waals surface area contributed by atoms with Gasteiger partial charge in [-0.3, -0.25) is 0 Å². The predicted octanol–water partition coefficient (Wildman–Crippen LogP) is 6.27. The topological polar surface area (TPSA) is 48.4 Å². The second kappa shape index (κ2) is 11.6. The standard InChI is InChI=1S/C19H19NO2.C3H4.C2H6/c1-13(2)22-12-15-9-17-6-7-21-19(17)18(10-15)16-5-3-4-14(8-16)11-20;1-3-2;1-2/h3-10H,1,11-12,20H2,2H3;1H,2H3;1-2H3. The van der Waals surface area contributed by atoms with Gasteiger partial charge in [-0.2, -0.15) is 0 Å². The van der Waals surface area contributed by atoms with Crippen LogP contribution in [0.5, 0.6) is 0 Å². The molecule has 0 aliphatic heterocycles. The van der Waals surface area contributed by atoms with Gasteiger partial charge in [-0.15, -0.1) is 12.3 Å². The van der Waals surface area contributed by atoms with Gasteiger partial charge in [-0.1, -0.05) is 38.6 Å². The number of terminal acetylenes is 1. The lowest BCUT2D eigenvalue weighted by Gasteiger charge is -2.10. The summed E-state index contributed by atoms with van der Waals surface area (Å²) < 4.78 is 11.2. The molecule has 0 saturated carbocycles. The molecule has 3 rings (SSSR count). The van der Waals surface area contributed by atoms with Crippen molar-refractivity contribution in [2.24, 2.45) is 5.73 Å². The van der Waals surface area contributed by atoms with Crippen LogP contribution < -0.4 is 5.73 Å². The summed E-state index contributed by atoms with van der Waals surface area (Å²) in [6.45, 7) is 12.3. The Morgan fingerprint density at radius 2 is 1.89 bits per heavy atom. The van der Waals surface area contributed by atoms with Gasteiger partial charge >= 0.3 is 0 Å². The molecule has 3 nitrogen and oxygen atoms in total. The van der Waals surface area contributed by atoms with Gasteiger partial charge in [0.1, 0.15) is 12.2 Å². The molecule has 0 fully saturated rings. The number of allylic oxidation sites excluding steroid dienone is 1. The second-order valence-electron chi connectivity index (χ2n) is 5.67. The normalized spacial score (nSPS) is 9.33. The highest BCUT2D eigenvalue weighted by Gasteiger charge is 2.10. The summed E-state index contributed by atoms with van der Waals surface area (Å²) in [4.78, 5) is 0. The molecular formula is C24H29NO2. The average Bonchev–Trinajstić information content (AvgIpc) is 3.16. The Hall–Kier alpha value is -2.96. The van der Waals surface area contributed by atoms with Gasteiger partial charge in [0.2, 0.25) is 0 Å². The van der Waals surface area contributed by atoms with E-state index in [1.54, 1.807) is 13.2 Å². The lowest BCUT2D eigenvalue weighted by atomic mass is 9.99. The van der Waals surface area contributed by atoms with Crippen LogP contribution in [0.25, 0.3) is 22.1 Å². The van der Waals surface area contributed by atoms with E-state index in [4.69, 9.17) is 14.9 Å². The van der Waals surface area contributed by atoms with Crippen molar-refractivity contribution in [2.75, 3.05) is 0 Å². The van der Waals surface area contributed by atoms with Crippen molar-refractivity contribution in [2.45, 2.75) is 40.8 Å². The van der Waals surface area contributed by atoms with E-state index < -0.39 is 0 Å². The lowest BCUT2D eigenvalue weighted by Crippen LogP contribution is -1.96. The van der Waals surface area contributed by atoms with Gasteiger partial charge in [0, 0.05) is 17.5 Å². The molecule has 0 aliphatic rings. The summed E-state index contributed by atoms with van der Waals surface area (Å²) in [5, 5.41) is 1.07. The smallest absolute Gasteiger partial charge is 0.141 e. The number of hydrogen-bond donors (Lipinski definition) is 1. The molecular weight excluding hydrogens is 334 g/mol. The molecule has 0 spiro atoms. The minimum atomic E-state index is 0.500. The molecule has 3 aromatic rings. The van der Waals surface area contributed by atoms with Gasteiger partial charge in [-0.25, -0.2) is 0 Å². The molecule has 0 aliphatic carbocycles. The van der Waals surface area contributed by atoms with Gasteiger partial charge in [0.05, 0.1) is 12.0 Å². The number of benzene rings is 2. The molecule has 142 valence electrons. The molecule has 2 N–H and O–H groups in total. The summed E-state index contributed by atoms with van der Waals surface area (Å²) in [6, 6.07) is 14.4. The molecule has 0 bridgehead atoms. The minimum Gasteiger partial charge on any atom is -0.494 e. The van der Waals surface area contributed by atoms with Crippen LogP contribution in [0.4, 0.5) is 0 Å². The zero-order valence-corrected chi connectivity index (χ0v) is 16.7. The van der Waals surface area contributed by atoms with Crippen LogP contribution in [0.2, 0.25) is 0 Å². The lowest BCUT2D eigenvalue weighted by molar-refractivity contribution is 0.202. The Labute approximate surface area is 162 Å². The van der Waals surface area contributed by atoms with Crippen molar-refractivity contribution < 1.29 is 9.15 Å². The molecule has 2 aromatic carbocycles. The molecule has 1 heterocycles. The first-order chi connectivity index (χ1) is 13.1. The Morgan fingerprint density at radius 1 is 1.19 bits per heavy atom. The molecule has 0 amide bonds. The van der Waals surface area contributed by atoms with Crippen LogP contribution in [0.15, 0.2) is 65.5 Å². The van der Waals surface area contributed by atoms with E-state index in [1.165, 1.54) is 0 Å². The fraction of sp³-hybridized carbons (Fsp3) is 0.250. The third kappa shape index (κ3) is 6.36. The minimum absolute atomic E-state index is 0.500. The first kappa shape index (κ1) is 22.1. The monoisotopic (exact) mass is 363 g/mol. The van der Waals surface area contributed by atoms with E-state index in [1.807, 2.05) is 39.0 Å². The van der Waals surface area contributed by atoms with Crippen molar-refractivity contribution in [3.8, 4) is 23.5 Å². The van der Waals surface area contributed by atoms with Crippen LogP contribution >= 0.6 is 0 Å². The highest BCUT2D eigenvalue weighted by Crippen LogP contribution is 2.32. The first-order valence-electron chi connectivity index (χ1n) is 9.04. The van der Waals surface area contributed by atoms with Crippen molar-refractivity contribution in [1.82, 2.24) is 0 Å². The van der Waals surface area contributed by atoms with Gasteiger partial charge < -0.3 is 14.9 Å². The molecule has 0 radical (unpaired) electrons. The molecule has 1 aromatic heterocycles. The third-order valence-electron chi connectivity index (χ3n) is 3.57. The number of hydrogen-bond acceptors (Lipinski definition) is 3. The molecule has 27 heavy (non-hydrogen) atoms. The quantitative estimate of drug-likeness (QED) is 0.429. The van der Waals surface area contributed by atoms with E-state index in [0.717, 1.165) is 33.2 Å². The maximum Gasteiger partial charge on any atom is 0.141 e. The van der Waals surface area contributed by atoms with E-state index in [0.29, 0.717) is 18.9 Å². The fourth-order valence-electron chi connectivity index (χ4n) is 2.51. The molecule has 0 atom stereocenters. The largest absolute Gasteiger partial charge is 0.494 e. The average molecular weight is 364 g/mol. The van der Waals surface area contributed by atoms with Crippen LogP contribution in [0, 0.1) is 12.3 Å². The summed E-state index contributed by atoms with van der Waals surface area (Å²) in [5.41, 5.74) is 11.0. The molecule has 3 heteroatoms. The van der Waals surface area contributed by atoms with Crippen molar-refractivity contribution >= 4 is 11.0 Å². The van der Waals surface area contributed by atoms with Crippen LogP contribution in [-0.2, 0) is 17.9 Å². The predicted molar refractivity (Wildman–Crippen MR) is 115 cm³/mol. The maximum atomic E-state index is 5.75. The zero-order chi connectivity index (χ0) is 20.2. The number of ether oxygens (including phenoxy) is 1. The SMILES string of the molecule is C#CC.C=C(C)OCc1cc(-c2cccc(CN)c2)c2occc2c1.CC. The molecule has 0 saturated heterocycles. The zero-order valence-electron chi connectivity index (χ0n) is 16.7. The van der Waals surface area contributed by atoms with E-state index >= 15 is 0 Å². The summed E-state index contributed by atoms with van der Waals surface area (Å²) >= 11 is 0. The Bertz CT molecular complexity index is 900. The number of rotatable bonds is 5. The van der Waals surface area contributed by atoms with Crippen molar-refractivity contribution in [1.29, 1.82) is 0 Å². The number of nitrogens with two attached hydrogens (primary N) is 1. The van der Waals surface area contributed by atoms with Gasteiger partial charge in [-0.05, 0) is 54.8 Å². The Balaban J connectivity index is 0.000000665. The van der Waals surface area contributed by atoms with Gasteiger partial charge in [0.25, 0.3) is 0 Å². The maximum absolute atomic E-state index is 5.75. The van der Waals surface area contributed by atoms with E-state index in [2.05, 4.69) is 43.2 Å². The number of fused-ring (bicyclic) bond motifs is 1. The van der Waals surface area contributed by atoms with Crippen molar-refractivity contribution in [3.05, 3.63) is 72.2 Å². The van der Waals surface area contributed by atoms with E-state index in [-0.39, 0.29) is 0 Å². The highest BCUT2D eigenvalue weighted by molar-refractivity contribution is 5.93. The number of furan rings is 1.